The zero-order valence-corrected chi connectivity index (χ0v) is 13.0. The molecule has 0 bridgehead atoms. The third-order valence-electron chi connectivity index (χ3n) is 3.55. The first-order valence-electron chi connectivity index (χ1n) is 6.24. The predicted octanol–water partition coefficient (Wildman–Crippen LogP) is 2.73. The number of halogens is 1. The lowest BCUT2D eigenvalue weighted by Crippen LogP contribution is -2.17. The summed E-state index contributed by atoms with van der Waals surface area (Å²) in [6, 6.07) is 1.93. The molecule has 0 aliphatic carbocycles. The van der Waals surface area contributed by atoms with E-state index >= 15 is 0 Å². The molecule has 6 heteroatoms. The van der Waals surface area contributed by atoms with Crippen molar-refractivity contribution in [2.75, 3.05) is 18.6 Å². The molecule has 1 fully saturated rings. The van der Waals surface area contributed by atoms with E-state index in [4.69, 9.17) is 4.74 Å². The summed E-state index contributed by atoms with van der Waals surface area (Å²) in [5.74, 6) is 2.81. The van der Waals surface area contributed by atoms with Crippen molar-refractivity contribution >= 4 is 32.4 Å². The Morgan fingerprint density at radius 3 is 2.84 bits per heavy atom. The summed E-state index contributed by atoms with van der Waals surface area (Å²) in [5.41, 5.74) is 1.98. The van der Waals surface area contributed by atoms with E-state index in [1.165, 1.54) is 0 Å². The van der Waals surface area contributed by atoms with Crippen molar-refractivity contribution in [2.24, 2.45) is 0 Å². The van der Waals surface area contributed by atoms with Gasteiger partial charge >= 0.3 is 0 Å². The minimum Gasteiger partial charge on any atom is -0.495 e. The number of ether oxygens (including phenoxy) is 1. The van der Waals surface area contributed by atoms with Crippen LogP contribution in [0.5, 0.6) is 5.75 Å². The van der Waals surface area contributed by atoms with Crippen LogP contribution in [0.4, 0.5) is 0 Å². The molecule has 19 heavy (non-hydrogen) atoms. The molecule has 102 valence electrons. The van der Waals surface area contributed by atoms with Gasteiger partial charge in [0.05, 0.1) is 17.3 Å². The Kier molecular flexibility index (Phi) is 3.62. The van der Waals surface area contributed by atoms with Gasteiger partial charge in [0, 0.05) is 46.7 Å². The summed E-state index contributed by atoms with van der Waals surface area (Å²) >= 11 is 3.48. The summed E-state index contributed by atoms with van der Waals surface area (Å²) in [6.07, 6.45) is 5.97. The maximum absolute atomic E-state index is 11.4. The molecular formula is C13H15BrN2O2S. The third-order valence-corrected chi connectivity index (χ3v) is 5.53. The normalized spacial score (nSPS) is 23.7. The van der Waals surface area contributed by atoms with Crippen molar-refractivity contribution < 1.29 is 8.95 Å². The lowest BCUT2D eigenvalue weighted by Gasteiger charge is -2.18. The van der Waals surface area contributed by atoms with Gasteiger partial charge in [-0.3, -0.25) is 4.21 Å². The lowest BCUT2D eigenvalue weighted by molar-refractivity contribution is 0.412. The number of nitrogens with zero attached hydrogens (tertiary/aromatic N) is 2. The first-order chi connectivity index (χ1) is 9.17. The Morgan fingerprint density at radius 1 is 1.42 bits per heavy atom. The quantitative estimate of drug-likeness (QED) is 0.842. The molecule has 1 saturated heterocycles. The van der Waals surface area contributed by atoms with Crippen molar-refractivity contribution in [1.82, 2.24) is 9.38 Å². The van der Waals surface area contributed by atoms with Crippen LogP contribution in [-0.4, -0.2) is 32.2 Å². The van der Waals surface area contributed by atoms with E-state index in [2.05, 4.69) is 27.1 Å². The minimum absolute atomic E-state index is 0.433. The van der Waals surface area contributed by atoms with Crippen molar-refractivity contribution in [3.8, 4) is 5.75 Å². The van der Waals surface area contributed by atoms with Gasteiger partial charge in [-0.1, -0.05) is 0 Å². The second-order valence-electron chi connectivity index (χ2n) is 4.74. The van der Waals surface area contributed by atoms with Gasteiger partial charge in [-0.25, -0.2) is 4.98 Å². The molecule has 1 aliphatic heterocycles. The smallest absolute Gasteiger partial charge is 0.140 e. The van der Waals surface area contributed by atoms with E-state index in [1.807, 2.05) is 16.7 Å². The molecule has 0 radical (unpaired) electrons. The maximum Gasteiger partial charge on any atom is 0.140 e. The highest BCUT2D eigenvalue weighted by Crippen LogP contribution is 2.30. The number of pyridine rings is 1. The molecule has 2 aromatic heterocycles. The molecule has 0 N–H and O–H groups in total. The molecule has 0 aromatic carbocycles. The lowest BCUT2D eigenvalue weighted by atomic mass is 10.00. The van der Waals surface area contributed by atoms with Gasteiger partial charge in [-0.15, -0.1) is 0 Å². The molecule has 0 amide bonds. The first kappa shape index (κ1) is 13.1. The molecular weight excluding hydrogens is 328 g/mol. The summed E-state index contributed by atoms with van der Waals surface area (Å²) in [6.45, 7) is 0. The number of fused-ring (bicyclic) bond motifs is 1. The average molecular weight is 343 g/mol. The van der Waals surface area contributed by atoms with E-state index in [1.54, 1.807) is 7.11 Å². The van der Waals surface area contributed by atoms with Gasteiger partial charge < -0.3 is 9.14 Å². The van der Waals surface area contributed by atoms with Crippen molar-refractivity contribution in [3.63, 3.8) is 0 Å². The highest BCUT2D eigenvalue weighted by atomic mass is 79.9. The first-order valence-corrected chi connectivity index (χ1v) is 8.52. The maximum atomic E-state index is 11.4. The highest BCUT2D eigenvalue weighted by Gasteiger charge is 2.22. The number of rotatable bonds is 2. The van der Waals surface area contributed by atoms with E-state index < -0.39 is 10.8 Å². The zero-order chi connectivity index (χ0) is 13.4. The Morgan fingerprint density at radius 2 is 2.16 bits per heavy atom. The Balaban J connectivity index is 1.95. The van der Waals surface area contributed by atoms with Crippen LogP contribution in [0.2, 0.25) is 0 Å². The number of hydrogen-bond donors (Lipinski definition) is 0. The molecule has 3 heterocycles. The number of hydrogen-bond acceptors (Lipinski definition) is 3. The molecule has 1 aliphatic rings. The molecule has 0 spiro atoms. The van der Waals surface area contributed by atoms with E-state index in [-0.39, 0.29) is 0 Å². The molecule has 0 unspecified atom stereocenters. The van der Waals surface area contributed by atoms with Crippen molar-refractivity contribution in [1.29, 1.82) is 0 Å². The Hall–Kier alpha value is -0.880. The van der Waals surface area contributed by atoms with E-state index in [0.717, 1.165) is 45.9 Å². The average Bonchev–Trinajstić information content (AvgIpc) is 2.81. The van der Waals surface area contributed by atoms with Crippen molar-refractivity contribution in [2.45, 2.75) is 18.8 Å². The van der Waals surface area contributed by atoms with Crippen LogP contribution in [0.25, 0.3) is 5.65 Å². The predicted molar refractivity (Wildman–Crippen MR) is 79.3 cm³/mol. The Bertz CT molecular complexity index is 631. The van der Waals surface area contributed by atoms with Gasteiger partial charge in [0.25, 0.3) is 0 Å². The van der Waals surface area contributed by atoms with Crippen LogP contribution in [0.15, 0.2) is 22.9 Å². The Labute approximate surface area is 122 Å². The highest BCUT2D eigenvalue weighted by molar-refractivity contribution is 9.10. The minimum atomic E-state index is -0.623. The third kappa shape index (κ3) is 2.56. The SMILES string of the molecule is COc1cc2nc(C3CCS(=O)CC3)cn2cc1Br. The van der Waals surface area contributed by atoms with Gasteiger partial charge in [-0.2, -0.15) is 0 Å². The second-order valence-corrected chi connectivity index (χ2v) is 7.29. The summed E-state index contributed by atoms with van der Waals surface area (Å²) in [5, 5.41) is 0. The van der Waals surface area contributed by atoms with E-state index in [0.29, 0.717) is 5.92 Å². The molecule has 4 nitrogen and oxygen atoms in total. The van der Waals surface area contributed by atoms with Gasteiger partial charge in [-0.05, 0) is 28.8 Å². The summed E-state index contributed by atoms with van der Waals surface area (Å²) in [4.78, 5) is 4.67. The van der Waals surface area contributed by atoms with Crippen LogP contribution in [-0.2, 0) is 10.8 Å². The summed E-state index contributed by atoms with van der Waals surface area (Å²) < 4.78 is 19.6. The number of methoxy groups -OCH3 is 1. The molecule has 0 saturated carbocycles. The number of aromatic nitrogens is 2. The topological polar surface area (TPSA) is 43.6 Å². The van der Waals surface area contributed by atoms with Crippen LogP contribution in [0.3, 0.4) is 0 Å². The van der Waals surface area contributed by atoms with Gasteiger partial charge in [0.2, 0.25) is 0 Å². The fourth-order valence-corrected chi connectivity index (χ4v) is 4.25. The monoisotopic (exact) mass is 342 g/mol. The van der Waals surface area contributed by atoms with Crippen LogP contribution in [0.1, 0.15) is 24.5 Å². The molecule has 2 aromatic rings. The van der Waals surface area contributed by atoms with Crippen LogP contribution >= 0.6 is 15.9 Å². The number of imidazole rings is 1. The fraction of sp³-hybridized carbons (Fsp3) is 0.462. The van der Waals surface area contributed by atoms with E-state index in [9.17, 15) is 4.21 Å². The summed E-state index contributed by atoms with van der Waals surface area (Å²) in [7, 11) is 1.03. The second kappa shape index (κ2) is 5.25. The van der Waals surface area contributed by atoms with Crippen LogP contribution < -0.4 is 4.74 Å². The van der Waals surface area contributed by atoms with Gasteiger partial charge in [0.1, 0.15) is 11.4 Å². The fourth-order valence-electron chi connectivity index (χ4n) is 2.45. The van der Waals surface area contributed by atoms with Crippen molar-refractivity contribution in [3.05, 3.63) is 28.6 Å². The van der Waals surface area contributed by atoms with Gasteiger partial charge in [0.15, 0.2) is 0 Å². The molecule has 0 atom stereocenters. The zero-order valence-electron chi connectivity index (χ0n) is 10.6. The molecule has 3 rings (SSSR count). The standard InChI is InChI=1S/C13H15BrN2O2S/c1-18-12-6-13-15-11(8-16(13)7-10(12)14)9-2-4-19(17)5-3-9/h6-9H,2-5H2,1H3. The largest absolute Gasteiger partial charge is 0.495 e. The van der Waals surface area contributed by atoms with Crippen LogP contribution in [0, 0.1) is 0 Å².